The first kappa shape index (κ1) is 11.9. The van der Waals surface area contributed by atoms with Gasteiger partial charge in [0.1, 0.15) is 23.3 Å². The number of rotatable bonds is 3. The van der Waals surface area contributed by atoms with Gasteiger partial charge in [-0.3, -0.25) is 0 Å². The summed E-state index contributed by atoms with van der Waals surface area (Å²) in [5.74, 6) is 0.202. The van der Waals surface area contributed by atoms with Crippen LogP contribution in [0.15, 0.2) is 36.5 Å². The zero-order valence-corrected chi connectivity index (χ0v) is 10.0. The van der Waals surface area contributed by atoms with Crippen molar-refractivity contribution in [3.05, 3.63) is 58.6 Å². The number of aryl methyl sites for hydroxylation is 1. The van der Waals surface area contributed by atoms with Gasteiger partial charge in [0.2, 0.25) is 0 Å². The van der Waals surface area contributed by atoms with Crippen molar-refractivity contribution >= 4 is 11.6 Å². The van der Waals surface area contributed by atoms with E-state index in [4.69, 9.17) is 16.3 Å². The highest BCUT2D eigenvalue weighted by Crippen LogP contribution is 2.21. The van der Waals surface area contributed by atoms with Gasteiger partial charge in [-0.2, -0.15) is 0 Å². The second kappa shape index (κ2) is 5.15. The van der Waals surface area contributed by atoms with E-state index < -0.39 is 0 Å². The molecule has 2 rings (SSSR count). The van der Waals surface area contributed by atoms with E-state index in [1.54, 1.807) is 18.3 Å². The van der Waals surface area contributed by atoms with Crippen LogP contribution in [0.1, 0.15) is 11.1 Å². The van der Waals surface area contributed by atoms with Crippen molar-refractivity contribution < 1.29 is 9.13 Å². The molecule has 1 aromatic carbocycles. The number of hydrogen-bond acceptors (Lipinski definition) is 2. The maximum absolute atomic E-state index is 13.0. The molecule has 0 bridgehead atoms. The van der Waals surface area contributed by atoms with Gasteiger partial charge in [-0.1, -0.05) is 23.7 Å². The molecule has 1 heterocycles. The van der Waals surface area contributed by atoms with E-state index in [1.165, 1.54) is 12.1 Å². The number of halogens is 2. The number of aromatic nitrogens is 1. The third kappa shape index (κ3) is 2.94. The van der Waals surface area contributed by atoms with Crippen molar-refractivity contribution in [2.75, 3.05) is 0 Å². The second-order valence-electron chi connectivity index (χ2n) is 3.65. The number of ether oxygens (including phenoxy) is 1. The summed E-state index contributed by atoms with van der Waals surface area (Å²) in [6.45, 7) is 2.14. The maximum Gasteiger partial charge on any atom is 0.135 e. The SMILES string of the molecule is Cc1ccc(F)cc1OCc1cccnc1Cl. The molecule has 4 heteroatoms. The van der Waals surface area contributed by atoms with E-state index >= 15 is 0 Å². The molecule has 0 saturated carbocycles. The van der Waals surface area contributed by atoms with Crippen LogP contribution in [0, 0.1) is 12.7 Å². The molecule has 0 spiro atoms. The fourth-order valence-electron chi connectivity index (χ4n) is 1.41. The van der Waals surface area contributed by atoms with E-state index in [2.05, 4.69) is 4.98 Å². The quantitative estimate of drug-likeness (QED) is 0.775. The Labute approximate surface area is 104 Å². The van der Waals surface area contributed by atoms with Crippen LogP contribution in [0.5, 0.6) is 5.75 Å². The highest BCUT2D eigenvalue weighted by atomic mass is 35.5. The summed E-state index contributed by atoms with van der Waals surface area (Å²) in [6.07, 6.45) is 1.61. The van der Waals surface area contributed by atoms with Crippen LogP contribution in [-0.2, 0) is 6.61 Å². The third-order valence-electron chi connectivity index (χ3n) is 2.37. The van der Waals surface area contributed by atoms with Crippen LogP contribution < -0.4 is 4.74 Å². The van der Waals surface area contributed by atoms with Crippen LogP contribution >= 0.6 is 11.6 Å². The standard InChI is InChI=1S/C13H11ClFNO/c1-9-4-5-11(15)7-12(9)17-8-10-3-2-6-16-13(10)14/h2-7H,8H2,1H3. The van der Waals surface area contributed by atoms with Gasteiger partial charge >= 0.3 is 0 Å². The second-order valence-corrected chi connectivity index (χ2v) is 4.01. The monoisotopic (exact) mass is 251 g/mol. The predicted octanol–water partition coefficient (Wildman–Crippen LogP) is 3.76. The van der Waals surface area contributed by atoms with Gasteiger partial charge < -0.3 is 4.74 Å². The fraction of sp³-hybridized carbons (Fsp3) is 0.154. The Morgan fingerprint density at radius 1 is 1.35 bits per heavy atom. The lowest BCUT2D eigenvalue weighted by atomic mass is 10.2. The largest absolute Gasteiger partial charge is 0.488 e. The van der Waals surface area contributed by atoms with E-state index in [9.17, 15) is 4.39 Å². The summed E-state index contributed by atoms with van der Waals surface area (Å²) in [5.41, 5.74) is 1.66. The topological polar surface area (TPSA) is 22.1 Å². The lowest BCUT2D eigenvalue weighted by molar-refractivity contribution is 0.302. The van der Waals surface area contributed by atoms with Crippen LogP contribution in [0.3, 0.4) is 0 Å². The summed E-state index contributed by atoms with van der Waals surface area (Å²) in [7, 11) is 0. The summed E-state index contributed by atoms with van der Waals surface area (Å²) in [6, 6.07) is 8.04. The lowest BCUT2D eigenvalue weighted by Crippen LogP contribution is -1.99. The molecular weight excluding hydrogens is 241 g/mol. The molecule has 0 radical (unpaired) electrons. The summed E-state index contributed by atoms with van der Waals surface area (Å²) in [4.78, 5) is 3.94. The first-order chi connectivity index (χ1) is 8.16. The lowest BCUT2D eigenvalue weighted by Gasteiger charge is -2.09. The molecule has 0 atom stereocenters. The van der Waals surface area contributed by atoms with E-state index in [-0.39, 0.29) is 12.4 Å². The van der Waals surface area contributed by atoms with Crippen molar-refractivity contribution in [1.29, 1.82) is 0 Å². The first-order valence-electron chi connectivity index (χ1n) is 5.15. The molecule has 17 heavy (non-hydrogen) atoms. The molecule has 88 valence electrons. The van der Waals surface area contributed by atoms with Gasteiger partial charge in [0.25, 0.3) is 0 Å². The molecule has 0 aliphatic heterocycles. The highest BCUT2D eigenvalue weighted by molar-refractivity contribution is 6.30. The maximum atomic E-state index is 13.0. The number of pyridine rings is 1. The zero-order chi connectivity index (χ0) is 12.3. The zero-order valence-electron chi connectivity index (χ0n) is 9.28. The number of hydrogen-bond donors (Lipinski definition) is 0. The molecule has 1 aromatic heterocycles. The van der Waals surface area contributed by atoms with E-state index in [0.29, 0.717) is 10.9 Å². The van der Waals surface area contributed by atoms with Crippen molar-refractivity contribution in [2.45, 2.75) is 13.5 Å². The van der Waals surface area contributed by atoms with Crippen LogP contribution in [-0.4, -0.2) is 4.98 Å². The summed E-state index contributed by atoms with van der Waals surface area (Å²) < 4.78 is 18.6. The molecule has 2 aromatic rings. The Balaban J connectivity index is 2.12. The summed E-state index contributed by atoms with van der Waals surface area (Å²) >= 11 is 5.90. The summed E-state index contributed by atoms with van der Waals surface area (Å²) in [5, 5.41) is 0.404. The molecule has 0 aliphatic carbocycles. The normalized spacial score (nSPS) is 10.3. The minimum atomic E-state index is -0.317. The van der Waals surface area contributed by atoms with E-state index in [0.717, 1.165) is 11.1 Å². The van der Waals surface area contributed by atoms with Gasteiger partial charge in [0, 0.05) is 17.8 Å². The third-order valence-corrected chi connectivity index (χ3v) is 2.71. The van der Waals surface area contributed by atoms with Crippen LogP contribution in [0.4, 0.5) is 4.39 Å². The average molecular weight is 252 g/mol. The molecule has 0 N–H and O–H groups in total. The Morgan fingerprint density at radius 2 is 2.18 bits per heavy atom. The van der Waals surface area contributed by atoms with Gasteiger partial charge in [-0.15, -0.1) is 0 Å². The smallest absolute Gasteiger partial charge is 0.135 e. The molecule has 0 fully saturated rings. The molecule has 0 saturated heterocycles. The Bertz CT molecular complexity index is 531. The van der Waals surface area contributed by atoms with E-state index in [1.807, 2.05) is 13.0 Å². The molecule has 2 nitrogen and oxygen atoms in total. The number of benzene rings is 1. The van der Waals surface area contributed by atoms with Crippen molar-refractivity contribution in [3.8, 4) is 5.75 Å². The number of nitrogens with zero attached hydrogens (tertiary/aromatic N) is 1. The van der Waals surface area contributed by atoms with Gasteiger partial charge in [-0.05, 0) is 24.6 Å². The molecule has 0 aliphatic rings. The Kier molecular flexibility index (Phi) is 3.59. The molecule has 0 unspecified atom stereocenters. The fourth-order valence-corrected chi connectivity index (χ4v) is 1.59. The Morgan fingerprint density at radius 3 is 2.94 bits per heavy atom. The van der Waals surface area contributed by atoms with Crippen molar-refractivity contribution in [2.24, 2.45) is 0 Å². The first-order valence-corrected chi connectivity index (χ1v) is 5.53. The highest BCUT2D eigenvalue weighted by Gasteiger charge is 2.04. The predicted molar refractivity (Wildman–Crippen MR) is 64.7 cm³/mol. The van der Waals surface area contributed by atoms with Gasteiger partial charge in [0.15, 0.2) is 0 Å². The minimum Gasteiger partial charge on any atom is -0.488 e. The van der Waals surface area contributed by atoms with Crippen molar-refractivity contribution in [3.63, 3.8) is 0 Å². The van der Waals surface area contributed by atoms with Gasteiger partial charge in [-0.25, -0.2) is 9.37 Å². The Hall–Kier alpha value is -1.61. The van der Waals surface area contributed by atoms with Crippen LogP contribution in [0.25, 0.3) is 0 Å². The van der Waals surface area contributed by atoms with Gasteiger partial charge in [0.05, 0.1) is 0 Å². The van der Waals surface area contributed by atoms with Crippen molar-refractivity contribution in [1.82, 2.24) is 4.98 Å². The molecule has 0 amide bonds. The molecular formula is C13H11ClFNO. The van der Waals surface area contributed by atoms with Crippen LogP contribution in [0.2, 0.25) is 5.15 Å². The minimum absolute atomic E-state index is 0.275. The average Bonchev–Trinajstić information content (AvgIpc) is 2.32.